The highest BCUT2D eigenvalue weighted by molar-refractivity contribution is 8.00. The fourth-order valence-electron chi connectivity index (χ4n) is 1.92. The first-order valence-corrected chi connectivity index (χ1v) is 11.2. The smallest absolute Gasteiger partial charge is 0.269 e. The van der Waals surface area contributed by atoms with Crippen molar-refractivity contribution in [3.8, 4) is 0 Å². The highest BCUT2D eigenvalue weighted by atomic mass is 32.2. The average molecular weight is 415 g/mol. The van der Waals surface area contributed by atoms with Gasteiger partial charge in [-0.15, -0.1) is 10.2 Å². The van der Waals surface area contributed by atoms with Gasteiger partial charge in [0.1, 0.15) is 0 Å². The van der Waals surface area contributed by atoms with Crippen LogP contribution in [0.2, 0.25) is 0 Å². The van der Waals surface area contributed by atoms with Gasteiger partial charge in [-0.1, -0.05) is 49.8 Å². The number of rotatable bonds is 7. The summed E-state index contributed by atoms with van der Waals surface area (Å²) >= 11 is 2.48. The van der Waals surface area contributed by atoms with Crippen molar-refractivity contribution in [1.82, 2.24) is 14.9 Å². The normalized spacial score (nSPS) is 12.2. The van der Waals surface area contributed by atoms with Crippen molar-refractivity contribution in [3.05, 3.63) is 35.4 Å². The van der Waals surface area contributed by atoms with Crippen molar-refractivity contribution in [1.29, 1.82) is 0 Å². The number of aryl methyl sites for hydroxylation is 1. The first-order valence-electron chi connectivity index (χ1n) is 7.92. The van der Waals surface area contributed by atoms with E-state index in [1.54, 1.807) is 30.0 Å². The Morgan fingerprint density at radius 2 is 2.00 bits per heavy atom. The van der Waals surface area contributed by atoms with E-state index >= 15 is 0 Å². The third kappa shape index (κ3) is 6.35. The lowest BCUT2D eigenvalue weighted by atomic mass is 10.1. The van der Waals surface area contributed by atoms with Gasteiger partial charge in [0, 0.05) is 22.6 Å². The van der Waals surface area contributed by atoms with E-state index in [1.807, 2.05) is 13.0 Å². The lowest BCUT2D eigenvalue weighted by Gasteiger charge is -2.17. The summed E-state index contributed by atoms with van der Waals surface area (Å²) < 4.78 is 26.9. The molecule has 26 heavy (non-hydrogen) atoms. The SMILES string of the molecule is Cc1cccc(C(=O)Nc2nnc(S(=O)(=O)NCCSC(C)(C)C)s2)c1. The van der Waals surface area contributed by atoms with Crippen LogP contribution in [0.3, 0.4) is 0 Å². The molecule has 2 N–H and O–H groups in total. The number of carbonyl (C=O) groups is 1. The van der Waals surface area contributed by atoms with Gasteiger partial charge in [-0.25, -0.2) is 13.1 Å². The van der Waals surface area contributed by atoms with Gasteiger partial charge < -0.3 is 0 Å². The number of carbonyl (C=O) groups excluding carboxylic acids is 1. The van der Waals surface area contributed by atoms with E-state index in [0.717, 1.165) is 16.9 Å². The number of sulfonamides is 1. The number of amides is 1. The number of benzene rings is 1. The lowest BCUT2D eigenvalue weighted by molar-refractivity contribution is 0.102. The maximum Gasteiger partial charge on any atom is 0.269 e. The third-order valence-corrected chi connectivity index (χ3v) is 7.01. The number of thioether (sulfide) groups is 1. The van der Waals surface area contributed by atoms with Crippen LogP contribution in [0, 0.1) is 6.92 Å². The summed E-state index contributed by atoms with van der Waals surface area (Å²) in [6.45, 7) is 8.39. The zero-order chi connectivity index (χ0) is 19.4. The molecule has 10 heteroatoms. The molecule has 1 aromatic heterocycles. The molecule has 0 atom stereocenters. The Kier molecular flexibility index (Phi) is 6.78. The topological polar surface area (TPSA) is 101 Å². The maximum absolute atomic E-state index is 12.2. The molecule has 0 aliphatic heterocycles. The van der Waals surface area contributed by atoms with E-state index in [-0.39, 0.29) is 20.1 Å². The number of nitrogens with zero attached hydrogens (tertiary/aromatic N) is 2. The summed E-state index contributed by atoms with van der Waals surface area (Å²) in [5.41, 5.74) is 1.43. The monoisotopic (exact) mass is 414 g/mol. The zero-order valence-corrected chi connectivity index (χ0v) is 17.5. The Labute approximate surface area is 162 Å². The van der Waals surface area contributed by atoms with E-state index in [9.17, 15) is 13.2 Å². The number of hydrogen-bond donors (Lipinski definition) is 2. The first-order chi connectivity index (χ1) is 12.1. The van der Waals surface area contributed by atoms with Crippen LogP contribution in [-0.2, 0) is 10.0 Å². The third-order valence-electron chi connectivity index (χ3n) is 3.07. The molecular weight excluding hydrogens is 392 g/mol. The minimum Gasteiger partial charge on any atom is -0.296 e. The molecule has 0 spiro atoms. The summed E-state index contributed by atoms with van der Waals surface area (Å²) in [4.78, 5) is 12.2. The molecule has 0 fully saturated rings. The van der Waals surface area contributed by atoms with Gasteiger partial charge >= 0.3 is 0 Å². The van der Waals surface area contributed by atoms with Gasteiger partial charge in [-0.05, 0) is 19.1 Å². The average Bonchev–Trinajstić information content (AvgIpc) is 3.00. The van der Waals surface area contributed by atoms with E-state index in [4.69, 9.17) is 0 Å². The predicted molar refractivity (Wildman–Crippen MR) is 106 cm³/mol. The molecular formula is C16H22N4O3S3. The highest BCUT2D eigenvalue weighted by Gasteiger charge is 2.21. The van der Waals surface area contributed by atoms with Gasteiger partial charge in [-0.2, -0.15) is 11.8 Å². The van der Waals surface area contributed by atoms with Crippen molar-refractivity contribution in [3.63, 3.8) is 0 Å². The van der Waals surface area contributed by atoms with Crippen LogP contribution in [-0.4, -0.2) is 41.6 Å². The molecule has 2 aromatic rings. The van der Waals surface area contributed by atoms with Gasteiger partial charge in [0.2, 0.25) is 9.47 Å². The number of anilines is 1. The molecule has 0 bridgehead atoms. The van der Waals surface area contributed by atoms with Gasteiger partial charge in [-0.3, -0.25) is 10.1 Å². The second-order valence-electron chi connectivity index (χ2n) is 6.56. The van der Waals surface area contributed by atoms with E-state index in [1.165, 1.54) is 0 Å². The van der Waals surface area contributed by atoms with Crippen molar-refractivity contribution >= 4 is 44.2 Å². The molecule has 7 nitrogen and oxygen atoms in total. The van der Waals surface area contributed by atoms with Gasteiger partial charge in [0.15, 0.2) is 0 Å². The molecule has 2 rings (SSSR count). The Hall–Kier alpha value is -1.49. The summed E-state index contributed by atoms with van der Waals surface area (Å²) in [6.07, 6.45) is 0. The van der Waals surface area contributed by atoms with Crippen LogP contribution in [0.5, 0.6) is 0 Å². The Bertz CT molecular complexity index is 873. The molecule has 0 unspecified atom stereocenters. The van der Waals surface area contributed by atoms with Gasteiger partial charge in [0.25, 0.3) is 15.9 Å². The van der Waals surface area contributed by atoms with Crippen LogP contribution in [0.4, 0.5) is 5.13 Å². The van der Waals surface area contributed by atoms with Crippen LogP contribution in [0.25, 0.3) is 0 Å². The largest absolute Gasteiger partial charge is 0.296 e. The van der Waals surface area contributed by atoms with E-state index < -0.39 is 10.0 Å². The molecule has 1 amide bonds. The molecule has 142 valence electrons. The quantitative estimate of drug-likeness (QED) is 0.534. The van der Waals surface area contributed by atoms with Crippen molar-refractivity contribution in [2.75, 3.05) is 17.6 Å². The van der Waals surface area contributed by atoms with Crippen molar-refractivity contribution < 1.29 is 13.2 Å². The Morgan fingerprint density at radius 1 is 1.27 bits per heavy atom. The zero-order valence-electron chi connectivity index (χ0n) is 15.1. The molecule has 1 heterocycles. The fourth-order valence-corrected chi connectivity index (χ4v) is 4.83. The molecule has 1 aromatic carbocycles. The Balaban J connectivity index is 1.96. The standard InChI is InChI=1S/C16H22N4O3S3/c1-11-6-5-7-12(10-11)13(21)18-14-19-20-15(25-14)26(22,23)17-8-9-24-16(2,3)4/h5-7,10,17H,8-9H2,1-4H3,(H,18,19,21). The molecule has 0 aliphatic rings. The van der Waals surface area contributed by atoms with Crippen molar-refractivity contribution in [2.24, 2.45) is 0 Å². The summed E-state index contributed by atoms with van der Waals surface area (Å²) in [6, 6.07) is 7.08. The second kappa shape index (κ2) is 8.47. The summed E-state index contributed by atoms with van der Waals surface area (Å²) in [7, 11) is -3.73. The summed E-state index contributed by atoms with van der Waals surface area (Å²) in [5.74, 6) is 0.293. The maximum atomic E-state index is 12.2. The van der Waals surface area contributed by atoms with E-state index in [2.05, 4.69) is 41.0 Å². The van der Waals surface area contributed by atoms with Crippen LogP contribution < -0.4 is 10.0 Å². The predicted octanol–water partition coefficient (Wildman–Crippen LogP) is 2.91. The molecule has 0 radical (unpaired) electrons. The van der Waals surface area contributed by atoms with Gasteiger partial charge in [0.05, 0.1) is 0 Å². The number of hydrogen-bond acceptors (Lipinski definition) is 7. The fraction of sp³-hybridized carbons (Fsp3) is 0.438. The number of aromatic nitrogens is 2. The van der Waals surface area contributed by atoms with Crippen molar-refractivity contribution in [2.45, 2.75) is 36.8 Å². The molecule has 0 aliphatic carbocycles. The summed E-state index contributed by atoms with van der Waals surface area (Å²) in [5, 5.41) is 10.1. The Morgan fingerprint density at radius 3 is 2.65 bits per heavy atom. The molecule has 0 saturated carbocycles. The number of nitrogens with one attached hydrogen (secondary N) is 2. The van der Waals surface area contributed by atoms with Crippen LogP contribution in [0.1, 0.15) is 36.7 Å². The minimum atomic E-state index is -3.73. The minimum absolute atomic E-state index is 0.0709. The van der Waals surface area contributed by atoms with Crippen LogP contribution in [0.15, 0.2) is 28.6 Å². The van der Waals surface area contributed by atoms with E-state index in [0.29, 0.717) is 17.9 Å². The lowest BCUT2D eigenvalue weighted by Crippen LogP contribution is -2.27. The molecule has 0 saturated heterocycles. The highest BCUT2D eigenvalue weighted by Crippen LogP contribution is 2.23. The van der Waals surface area contributed by atoms with Crippen LogP contribution >= 0.6 is 23.1 Å². The second-order valence-corrected chi connectivity index (χ2v) is 11.4. The first kappa shape index (κ1) is 20.8.